The van der Waals surface area contributed by atoms with Crippen LogP contribution in [0.15, 0.2) is 35.1 Å². The van der Waals surface area contributed by atoms with Gasteiger partial charge in [-0.3, -0.25) is 0 Å². The number of rotatable bonds is 4. The van der Waals surface area contributed by atoms with Crippen molar-refractivity contribution in [3.63, 3.8) is 0 Å². The molecule has 3 rings (SSSR count). The summed E-state index contributed by atoms with van der Waals surface area (Å²) in [6, 6.07) is 8.63. The van der Waals surface area contributed by atoms with E-state index in [2.05, 4.69) is 46.4 Å². The minimum atomic E-state index is 0.673. The van der Waals surface area contributed by atoms with Crippen molar-refractivity contribution in [1.29, 1.82) is 0 Å². The van der Waals surface area contributed by atoms with Gasteiger partial charge in [-0.1, -0.05) is 13.0 Å². The van der Waals surface area contributed by atoms with Gasteiger partial charge in [0.25, 0.3) is 0 Å². The summed E-state index contributed by atoms with van der Waals surface area (Å²) < 4.78 is 5.36. The van der Waals surface area contributed by atoms with E-state index in [1.54, 1.807) is 0 Å². The van der Waals surface area contributed by atoms with E-state index in [9.17, 15) is 0 Å². The van der Waals surface area contributed by atoms with Crippen molar-refractivity contribution in [3.8, 4) is 0 Å². The Morgan fingerprint density at radius 2 is 2.14 bits per heavy atom. The van der Waals surface area contributed by atoms with E-state index in [0.717, 1.165) is 36.1 Å². The van der Waals surface area contributed by atoms with Crippen molar-refractivity contribution in [2.24, 2.45) is 5.92 Å². The highest BCUT2D eigenvalue weighted by Crippen LogP contribution is 2.25. The van der Waals surface area contributed by atoms with E-state index in [-0.39, 0.29) is 0 Å². The van der Waals surface area contributed by atoms with Gasteiger partial charge >= 0.3 is 0 Å². The molecule has 2 heterocycles. The molecule has 4 nitrogen and oxygen atoms in total. The summed E-state index contributed by atoms with van der Waals surface area (Å²) in [5.74, 6) is 1.75. The Morgan fingerprint density at radius 3 is 2.86 bits per heavy atom. The molecule has 0 radical (unpaired) electrons. The average molecular weight is 285 g/mol. The molecule has 0 unspecified atom stereocenters. The standard InChI is InChI=1S/C17H23N3O/c1-13-6-8-20(9-7-13)16-5-3-4-15(10-16)18-11-17-14(2)19-12-21-17/h3-5,10,12-13,18H,6-9,11H2,1-2H3. The summed E-state index contributed by atoms with van der Waals surface area (Å²) >= 11 is 0. The summed E-state index contributed by atoms with van der Waals surface area (Å²) in [6.45, 7) is 7.30. The molecule has 0 bridgehead atoms. The number of aryl methyl sites for hydroxylation is 1. The number of benzene rings is 1. The predicted molar refractivity (Wildman–Crippen MR) is 85.6 cm³/mol. The molecule has 2 aromatic rings. The first-order valence-electron chi connectivity index (χ1n) is 7.70. The van der Waals surface area contributed by atoms with Crippen molar-refractivity contribution >= 4 is 11.4 Å². The first-order chi connectivity index (χ1) is 10.2. The summed E-state index contributed by atoms with van der Waals surface area (Å²) in [7, 11) is 0. The normalized spacial score (nSPS) is 16.2. The van der Waals surface area contributed by atoms with Crippen LogP contribution in [0.1, 0.15) is 31.2 Å². The maximum absolute atomic E-state index is 5.36. The molecule has 1 fully saturated rings. The molecule has 0 aliphatic carbocycles. The molecule has 0 saturated carbocycles. The van der Waals surface area contributed by atoms with Crippen molar-refractivity contribution in [2.45, 2.75) is 33.2 Å². The van der Waals surface area contributed by atoms with Crippen LogP contribution >= 0.6 is 0 Å². The van der Waals surface area contributed by atoms with Crippen LogP contribution in [0, 0.1) is 12.8 Å². The molecule has 1 saturated heterocycles. The van der Waals surface area contributed by atoms with Crippen molar-refractivity contribution in [3.05, 3.63) is 42.1 Å². The zero-order chi connectivity index (χ0) is 14.7. The highest BCUT2D eigenvalue weighted by Gasteiger charge is 2.16. The van der Waals surface area contributed by atoms with Gasteiger partial charge in [0.2, 0.25) is 0 Å². The maximum Gasteiger partial charge on any atom is 0.181 e. The molecule has 1 aliphatic rings. The highest BCUT2D eigenvalue weighted by atomic mass is 16.3. The SMILES string of the molecule is Cc1ncoc1CNc1cccc(N2CCC(C)CC2)c1. The van der Waals surface area contributed by atoms with Crippen LogP contribution in [0.3, 0.4) is 0 Å². The molecular formula is C17H23N3O. The van der Waals surface area contributed by atoms with Crippen LogP contribution in [0.25, 0.3) is 0 Å². The monoisotopic (exact) mass is 285 g/mol. The first kappa shape index (κ1) is 14.0. The summed E-state index contributed by atoms with van der Waals surface area (Å²) in [5, 5.41) is 3.42. The quantitative estimate of drug-likeness (QED) is 0.927. The van der Waals surface area contributed by atoms with Gasteiger partial charge < -0.3 is 14.6 Å². The first-order valence-corrected chi connectivity index (χ1v) is 7.70. The lowest BCUT2D eigenvalue weighted by atomic mass is 9.99. The lowest BCUT2D eigenvalue weighted by Crippen LogP contribution is -2.32. The molecule has 0 amide bonds. The number of nitrogens with one attached hydrogen (secondary N) is 1. The van der Waals surface area contributed by atoms with Crippen LogP contribution < -0.4 is 10.2 Å². The van der Waals surface area contributed by atoms with Crippen LogP contribution in [0.2, 0.25) is 0 Å². The Hall–Kier alpha value is -1.97. The van der Waals surface area contributed by atoms with Gasteiger partial charge in [0, 0.05) is 24.5 Å². The fraction of sp³-hybridized carbons (Fsp3) is 0.471. The predicted octanol–water partition coefficient (Wildman–Crippen LogP) is 3.83. The average Bonchev–Trinajstić information content (AvgIpc) is 2.91. The molecule has 1 aromatic heterocycles. The zero-order valence-corrected chi connectivity index (χ0v) is 12.8. The molecule has 112 valence electrons. The Kier molecular flexibility index (Phi) is 4.13. The smallest absolute Gasteiger partial charge is 0.181 e. The molecule has 1 aromatic carbocycles. The van der Waals surface area contributed by atoms with Gasteiger partial charge in [0.1, 0.15) is 5.76 Å². The Morgan fingerprint density at radius 1 is 1.33 bits per heavy atom. The third kappa shape index (κ3) is 3.38. The van der Waals surface area contributed by atoms with Crippen molar-refractivity contribution in [2.75, 3.05) is 23.3 Å². The second kappa shape index (κ2) is 6.20. The van der Waals surface area contributed by atoms with E-state index >= 15 is 0 Å². The molecule has 4 heteroatoms. The van der Waals surface area contributed by atoms with Crippen LogP contribution in [-0.4, -0.2) is 18.1 Å². The van der Waals surface area contributed by atoms with E-state index in [1.807, 2.05) is 6.92 Å². The van der Waals surface area contributed by atoms with Crippen LogP contribution in [0.5, 0.6) is 0 Å². The topological polar surface area (TPSA) is 41.3 Å². The van der Waals surface area contributed by atoms with Gasteiger partial charge in [0.05, 0.1) is 12.2 Å². The summed E-state index contributed by atoms with van der Waals surface area (Å²) in [5.41, 5.74) is 3.38. The van der Waals surface area contributed by atoms with E-state index in [4.69, 9.17) is 4.42 Å². The third-order valence-electron chi connectivity index (χ3n) is 4.29. The van der Waals surface area contributed by atoms with E-state index < -0.39 is 0 Å². The van der Waals surface area contributed by atoms with Gasteiger partial charge in [-0.15, -0.1) is 0 Å². The Bertz CT molecular complexity index is 585. The van der Waals surface area contributed by atoms with Crippen molar-refractivity contribution < 1.29 is 4.42 Å². The van der Waals surface area contributed by atoms with Gasteiger partial charge in [0.15, 0.2) is 6.39 Å². The molecule has 1 N–H and O–H groups in total. The lowest BCUT2D eigenvalue weighted by Gasteiger charge is -2.32. The largest absolute Gasteiger partial charge is 0.446 e. The number of hydrogen-bond donors (Lipinski definition) is 1. The molecule has 0 atom stereocenters. The molecule has 21 heavy (non-hydrogen) atoms. The molecule has 0 spiro atoms. The second-order valence-electron chi connectivity index (χ2n) is 5.93. The minimum absolute atomic E-state index is 0.673. The van der Waals surface area contributed by atoms with E-state index in [0.29, 0.717) is 6.54 Å². The van der Waals surface area contributed by atoms with Gasteiger partial charge in [-0.25, -0.2) is 4.98 Å². The minimum Gasteiger partial charge on any atom is -0.446 e. The molecule has 1 aliphatic heterocycles. The fourth-order valence-corrected chi connectivity index (χ4v) is 2.76. The number of oxazole rings is 1. The summed E-state index contributed by atoms with van der Waals surface area (Å²) in [6.07, 6.45) is 4.07. The number of hydrogen-bond acceptors (Lipinski definition) is 4. The highest BCUT2D eigenvalue weighted by molar-refractivity contribution is 5.58. The zero-order valence-electron chi connectivity index (χ0n) is 12.8. The molecular weight excluding hydrogens is 262 g/mol. The fourth-order valence-electron chi connectivity index (χ4n) is 2.76. The van der Waals surface area contributed by atoms with Gasteiger partial charge in [-0.05, 0) is 43.9 Å². The Balaban J connectivity index is 1.64. The summed E-state index contributed by atoms with van der Waals surface area (Å²) in [4.78, 5) is 6.59. The maximum atomic E-state index is 5.36. The second-order valence-corrected chi connectivity index (χ2v) is 5.93. The van der Waals surface area contributed by atoms with Crippen LogP contribution in [0.4, 0.5) is 11.4 Å². The van der Waals surface area contributed by atoms with E-state index in [1.165, 1.54) is 24.9 Å². The lowest BCUT2D eigenvalue weighted by molar-refractivity contribution is 0.438. The number of anilines is 2. The van der Waals surface area contributed by atoms with Crippen LogP contribution in [-0.2, 0) is 6.54 Å². The number of aromatic nitrogens is 1. The third-order valence-corrected chi connectivity index (χ3v) is 4.29. The number of nitrogens with zero attached hydrogens (tertiary/aromatic N) is 2. The van der Waals surface area contributed by atoms with Crippen molar-refractivity contribution in [1.82, 2.24) is 4.98 Å². The number of piperidine rings is 1. The van der Waals surface area contributed by atoms with Gasteiger partial charge in [-0.2, -0.15) is 0 Å². The Labute approximate surface area is 126 Å².